The highest BCUT2D eigenvalue weighted by Crippen LogP contribution is 2.10. The fraction of sp³-hybridized carbons (Fsp3) is 0.429. The van der Waals surface area contributed by atoms with Gasteiger partial charge in [-0.25, -0.2) is 0 Å². The van der Waals surface area contributed by atoms with Crippen LogP contribution in [0.2, 0.25) is 0 Å². The summed E-state index contributed by atoms with van der Waals surface area (Å²) in [6.45, 7) is 3.02. The Morgan fingerprint density at radius 2 is 1.90 bits per heavy atom. The molecule has 1 fully saturated rings. The Bertz CT molecular complexity index is 467. The summed E-state index contributed by atoms with van der Waals surface area (Å²) < 4.78 is 5.03. The van der Waals surface area contributed by atoms with Gasteiger partial charge in [-0.1, -0.05) is 0 Å². The number of amides is 2. The molecule has 6 heteroatoms. The molecule has 0 aliphatic carbocycles. The third kappa shape index (κ3) is 3.71. The lowest BCUT2D eigenvalue weighted by Crippen LogP contribution is -2.49. The summed E-state index contributed by atoms with van der Waals surface area (Å²) in [5.74, 6) is 0.392. The van der Waals surface area contributed by atoms with Crippen molar-refractivity contribution >= 4 is 11.8 Å². The Kier molecular flexibility index (Phi) is 4.95. The Balaban J connectivity index is 1.83. The van der Waals surface area contributed by atoms with Crippen LogP contribution in [0.15, 0.2) is 24.3 Å². The molecule has 1 aromatic rings. The number of hydrogen-bond acceptors (Lipinski definition) is 4. The summed E-state index contributed by atoms with van der Waals surface area (Å²) in [5, 5.41) is 5.82. The van der Waals surface area contributed by atoms with Crippen molar-refractivity contribution in [3.05, 3.63) is 29.8 Å². The van der Waals surface area contributed by atoms with Crippen LogP contribution < -0.4 is 15.4 Å². The van der Waals surface area contributed by atoms with Gasteiger partial charge >= 0.3 is 0 Å². The van der Waals surface area contributed by atoms with E-state index < -0.39 is 0 Å². The minimum atomic E-state index is -0.254. The maximum absolute atomic E-state index is 11.9. The lowest BCUT2D eigenvalue weighted by molar-refractivity contribution is -0.130. The van der Waals surface area contributed by atoms with Gasteiger partial charge in [0.15, 0.2) is 0 Å². The van der Waals surface area contributed by atoms with E-state index in [2.05, 4.69) is 10.6 Å². The van der Waals surface area contributed by atoms with Gasteiger partial charge in [-0.2, -0.15) is 0 Å². The van der Waals surface area contributed by atoms with Crippen molar-refractivity contribution in [3.63, 3.8) is 0 Å². The minimum Gasteiger partial charge on any atom is -0.497 e. The second kappa shape index (κ2) is 6.91. The predicted octanol–water partition coefficient (Wildman–Crippen LogP) is -0.143. The first kappa shape index (κ1) is 14.3. The van der Waals surface area contributed by atoms with Gasteiger partial charge in [-0.15, -0.1) is 0 Å². The molecule has 108 valence electrons. The molecule has 0 atom stereocenters. The highest BCUT2D eigenvalue weighted by atomic mass is 16.5. The lowest BCUT2D eigenvalue weighted by Gasteiger charge is -2.27. The molecule has 20 heavy (non-hydrogen) atoms. The number of nitrogens with one attached hydrogen (secondary N) is 2. The number of rotatable bonds is 4. The minimum absolute atomic E-state index is 0.0326. The lowest BCUT2D eigenvalue weighted by atomic mass is 10.2. The van der Waals surface area contributed by atoms with Gasteiger partial charge in [0.05, 0.1) is 13.7 Å². The predicted molar refractivity (Wildman–Crippen MR) is 74.8 cm³/mol. The van der Waals surface area contributed by atoms with E-state index in [1.807, 2.05) is 0 Å². The van der Waals surface area contributed by atoms with E-state index in [1.165, 1.54) is 0 Å². The van der Waals surface area contributed by atoms with Crippen molar-refractivity contribution in [3.8, 4) is 5.75 Å². The first-order valence-electron chi connectivity index (χ1n) is 6.61. The molecule has 1 aliphatic heterocycles. The molecular formula is C14H19N3O3. The van der Waals surface area contributed by atoms with Gasteiger partial charge in [-0.3, -0.25) is 9.59 Å². The normalized spacial score (nSPS) is 14.8. The first-order valence-corrected chi connectivity index (χ1v) is 6.61. The van der Waals surface area contributed by atoms with E-state index in [9.17, 15) is 9.59 Å². The summed E-state index contributed by atoms with van der Waals surface area (Å²) in [6.07, 6.45) is 0. The van der Waals surface area contributed by atoms with Crippen LogP contribution >= 0.6 is 0 Å². The molecule has 0 saturated carbocycles. The number of hydrogen-bond donors (Lipinski definition) is 2. The van der Waals surface area contributed by atoms with Crippen LogP contribution in [0.5, 0.6) is 5.75 Å². The van der Waals surface area contributed by atoms with E-state index in [-0.39, 0.29) is 18.4 Å². The van der Waals surface area contributed by atoms with Crippen LogP contribution in [-0.4, -0.2) is 56.5 Å². The van der Waals surface area contributed by atoms with E-state index in [0.717, 1.165) is 13.1 Å². The van der Waals surface area contributed by atoms with Crippen molar-refractivity contribution in [2.75, 3.05) is 39.8 Å². The molecular weight excluding hydrogens is 258 g/mol. The van der Waals surface area contributed by atoms with Gasteiger partial charge in [0, 0.05) is 31.7 Å². The van der Waals surface area contributed by atoms with Gasteiger partial charge in [0.2, 0.25) is 5.91 Å². The zero-order valence-electron chi connectivity index (χ0n) is 11.5. The van der Waals surface area contributed by atoms with Gasteiger partial charge in [0.25, 0.3) is 5.91 Å². The summed E-state index contributed by atoms with van der Waals surface area (Å²) in [4.78, 5) is 25.5. The van der Waals surface area contributed by atoms with Gasteiger partial charge in [-0.05, 0) is 24.3 Å². The maximum Gasteiger partial charge on any atom is 0.251 e. The molecule has 6 nitrogen and oxygen atoms in total. The standard InChI is InChI=1S/C14H19N3O3/c1-20-12-4-2-11(3-5-12)14(19)16-10-13(18)17-8-6-15-7-9-17/h2-5,15H,6-10H2,1H3,(H,16,19). The van der Waals surface area contributed by atoms with Crippen LogP contribution in [0.1, 0.15) is 10.4 Å². The average Bonchev–Trinajstić information content (AvgIpc) is 2.53. The van der Waals surface area contributed by atoms with E-state index in [4.69, 9.17) is 4.74 Å². The number of ether oxygens (including phenoxy) is 1. The number of methoxy groups -OCH3 is 1. The van der Waals surface area contributed by atoms with Crippen molar-refractivity contribution in [2.24, 2.45) is 0 Å². The third-order valence-electron chi connectivity index (χ3n) is 3.22. The van der Waals surface area contributed by atoms with Crippen molar-refractivity contribution in [1.29, 1.82) is 0 Å². The fourth-order valence-electron chi connectivity index (χ4n) is 2.03. The quantitative estimate of drug-likeness (QED) is 0.803. The number of piperazine rings is 1. The highest BCUT2D eigenvalue weighted by molar-refractivity contribution is 5.96. The molecule has 2 N–H and O–H groups in total. The van der Waals surface area contributed by atoms with Crippen LogP contribution in [0.25, 0.3) is 0 Å². The number of benzene rings is 1. The molecule has 0 unspecified atom stereocenters. The summed E-state index contributed by atoms with van der Waals surface area (Å²) in [6, 6.07) is 6.77. The summed E-state index contributed by atoms with van der Waals surface area (Å²) >= 11 is 0. The smallest absolute Gasteiger partial charge is 0.251 e. The third-order valence-corrected chi connectivity index (χ3v) is 3.22. The monoisotopic (exact) mass is 277 g/mol. The number of nitrogens with zero attached hydrogens (tertiary/aromatic N) is 1. The fourth-order valence-corrected chi connectivity index (χ4v) is 2.03. The molecule has 0 radical (unpaired) electrons. The molecule has 2 rings (SSSR count). The van der Waals surface area contributed by atoms with Gasteiger partial charge < -0.3 is 20.3 Å². The molecule has 0 spiro atoms. The van der Waals surface area contributed by atoms with Gasteiger partial charge in [0.1, 0.15) is 5.75 Å². The zero-order valence-corrected chi connectivity index (χ0v) is 11.5. The molecule has 0 aromatic heterocycles. The molecule has 1 aliphatic rings. The Morgan fingerprint density at radius 1 is 1.25 bits per heavy atom. The zero-order chi connectivity index (χ0) is 14.4. The molecule has 2 amide bonds. The van der Waals surface area contributed by atoms with Crippen LogP contribution in [0, 0.1) is 0 Å². The molecule has 0 bridgehead atoms. The van der Waals surface area contributed by atoms with Crippen molar-refractivity contribution in [1.82, 2.24) is 15.5 Å². The SMILES string of the molecule is COc1ccc(C(=O)NCC(=O)N2CCNCC2)cc1. The first-order chi connectivity index (χ1) is 9.70. The highest BCUT2D eigenvalue weighted by Gasteiger charge is 2.16. The largest absolute Gasteiger partial charge is 0.497 e. The van der Waals surface area contributed by atoms with Crippen molar-refractivity contribution < 1.29 is 14.3 Å². The second-order valence-electron chi connectivity index (χ2n) is 4.54. The van der Waals surface area contributed by atoms with Crippen LogP contribution in [0.4, 0.5) is 0 Å². The van der Waals surface area contributed by atoms with Crippen LogP contribution in [-0.2, 0) is 4.79 Å². The Morgan fingerprint density at radius 3 is 2.50 bits per heavy atom. The van der Waals surface area contributed by atoms with Crippen LogP contribution in [0.3, 0.4) is 0 Å². The summed E-state index contributed by atoms with van der Waals surface area (Å²) in [7, 11) is 1.57. The van der Waals surface area contributed by atoms with E-state index in [0.29, 0.717) is 24.4 Å². The van der Waals surface area contributed by atoms with E-state index in [1.54, 1.807) is 36.3 Å². The van der Waals surface area contributed by atoms with Crippen molar-refractivity contribution in [2.45, 2.75) is 0 Å². The Hall–Kier alpha value is -2.08. The number of carbonyl (C=O) groups excluding carboxylic acids is 2. The average molecular weight is 277 g/mol. The second-order valence-corrected chi connectivity index (χ2v) is 4.54. The number of carbonyl (C=O) groups is 2. The topological polar surface area (TPSA) is 70.7 Å². The molecule has 1 aromatic carbocycles. The maximum atomic E-state index is 11.9. The molecule has 1 heterocycles. The van der Waals surface area contributed by atoms with E-state index >= 15 is 0 Å². The summed E-state index contributed by atoms with van der Waals surface area (Å²) in [5.41, 5.74) is 0.513. The molecule has 1 saturated heterocycles. The Labute approximate surface area is 118 Å².